The molecule has 116 valence electrons. The number of allylic oxidation sites excluding steroid dienone is 1. The van der Waals surface area contributed by atoms with E-state index in [1.807, 2.05) is 20.8 Å². The summed E-state index contributed by atoms with van der Waals surface area (Å²) in [6.07, 6.45) is 0.752. The lowest BCUT2D eigenvalue weighted by molar-refractivity contribution is -0.140. The van der Waals surface area contributed by atoms with Crippen molar-refractivity contribution in [1.82, 2.24) is 4.90 Å². The number of rotatable bonds is 4. The Morgan fingerprint density at radius 2 is 2.05 bits per heavy atom. The molecule has 0 N–H and O–H groups in total. The molecule has 0 unspecified atom stereocenters. The molecule has 2 aliphatic rings. The van der Waals surface area contributed by atoms with E-state index in [2.05, 4.69) is 0 Å². The van der Waals surface area contributed by atoms with Gasteiger partial charge in [0.1, 0.15) is 12.4 Å². The fraction of sp³-hybridized carbons (Fsp3) is 0.667. The zero-order chi connectivity index (χ0) is 15.8. The molecule has 1 saturated heterocycles. The lowest BCUT2D eigenvalue weighted by Gasteiger charge is -2.45. The van der Waals surface area contributed by atoms with Crippen molar-refractivity contribution in [3.63, 3.8) is 0 Å². The highest BCUT2D eigenvalue weighted by Crippen LogP contribution is 2.41. The van der Waals surface area contributed by atoms with Crippen molar-refractivity contribution in [2.75, 3.05) is 12.4 Å². The SMILES string of the molecule is CC(=O)OCC1=C(CC(=O)C(C)(C)C)N2C(=O)C[C@@H]2SC1. The number of ketones is 1. The van der Waals surface area contributed by atoms with Gasteiger partial charge in [-0.25, -0.2) is 0 Å². The number of carbonyl (C=O) groups excluding carboxylic acids is 3. The smallest absolute Gasteiger partial charge is 0.302 e. The topological polar surface area (TPSA) is 63.7 Å². The summed E-state index contributed by atoms with van der Waals surface area (Å²) in [5.74, 6) is 0.479. The first-order chi connectivity index (χ1) is 9.70. The molecule has 2 rings (SSSR count). The summed E-state index contributed by atoms with van der Waals surface area (Å²) in [7, 11) is 0. The van der Waals surface area contributed by atoms with Gasteiger partial charge in [-0.1, -0.05) is 20.8 Å². The molecule has 0 aromatic rings. The van der Waals surface area contributed by atoms with Gasteiger partial charge in [0.25, 0.3) is 0 Å². The molecule has 0 aromatic carbocycles. The van der Waals surface area contributed by atoms with Crippen LogP contribution < -0.4 is 0 Å². The van der Waals surface area contributed by atoms with Crippen LogP contribution in [0, 0.1) is 5.41 Å². The Balaban J connectivity index is 2.23. The molecule has 21 heavy (non-hydrogen) atoms. The molecule has 0 bridgehead atoms. The highest BCUT2D eigenvalue weighted by Gasteiger charge is 2.43. The van der Waals surface area contributed by atoms with Crippen molar-refractivity contribution in [3.05, 3.63) is 11.3 Å². The molecular formula is C15H21NO4S. The van der Waals surface area contributed by atoms with Crippen molar-refractivity contribution in [3.8, 4) is 0 Å². The van der Waals surface area contributed by atoms with Crippen LogP contribution >= 0.6 is 11.8 Å². The van der Waals surface area contributed by atoms with Crippen LogP contribution in [-0.2, 0) is 19.1 Å². The second-order valence-electron chi connectivity index (χ2n) is 6.41. The number of Topliss-reactive ketones (excluding diaryl/α,β-unsaturated/α-hetero) is 1. The quantitative estimate of drug-likeness (QED) is 0.588. The summed E-state index contributed by atoms with van der Waals surface area (Å²) >= 11 is 1.66. The summed E-state index contributed by atoms with van der Waals surface area (Å²) in [6, 6.07) is 0. The maximum atomic E-state index is 12.3. The standard InChI is InChI=1S/C15H21NO4S/c1-9(17)20-7-10-8-21-14-6-13(19)16(14)11(10)5-12(18)15(2,3)4/h14H,5-8H2,1-4H3/t14-/m0/s1. The molecular weight excluding hydrogens is 290 g/mol. The minimum absolute atomic E-state index is 0.0456. The van der Waals surface area contributed by atoms with Crippen molar-refractivity contribution < 1.29 is 19.1 Å². The Morgan fingerprint density at radius 3 is 2.57 bits per heavy atom. The second kappa shape index (κ2) is 5.83. The second-order valence-corrected chi connectivity index (χ2v) is 7.58. The van der Waals surface area contributed by atoms with Gasteiger partial charge in [-0.3, -0.25) is 14.4 Å². The Bertz CT molecular complexity index is 518. The zero-order valence-corrected chi connectivity index (χ0v) is 13.7. The highest BCUT2D eigenvalue weighted by molar-refractivity contribution is 8.00. The summed E-state index contributed by atoms with van der Waals surface area (Å²) in [5.41, 5.74) is 1.17. The van der Waals surface area contributed by atoms with Gasteiger partial charge in [0.05, 0.1) is 11.8 Å². The summed E-state index contributed by atoms with van der Waals surface area (Å²) < 4.78 is 5.06. The number of fused-ring (bicyclic) bond motifs is 1. The molecule has 0 aliphatic carbocycles. The Hall–Kier alpha value is -1.30. The summed E-state index contributed by atoms with van der Waals surface area (Å²) in [4.78, 5) is 36.9. The first kappa shape index (κ1) is 16.1. The molecule has 2 aliphatic heterocycles. The van der Waals surface area contributed by atoms with E-state index in [1.165, 1.54) is 6.92 Å². The van der Waals surface area contributed by atoms with E-state index in [1.54, 1.807) is 16.7 Å². The number of ether oxygens (including phenoxy) is 1. The predicted molar refractivity (Wildman–Crippen MR) is 80.4 cm³/mol. The first-order valence-electron chi connectivity index (χ1n) is 7.01. The maximum absolute atomic E-state index is 12.3. The van der Waals surface area contributed by atoms with E-state index < -0.39 is 5.41 Å². The Kier molecular flexibility index (Phi) is 4.46. The van der Waals surface area contributed by atoms with Crippen LogP contribution in [0.3, 0.4) is 0 Å². The van der Waals surface area contributed by atoms with Gasteiger partial charge in [0, 0.05) is 30.2 Å². The Labute approximate surface area is 129 Å². The summed E-state index contributed by atoms with van der Waals surface area (Å²) in [6.45, 7) is 7.12. The van der Waals surface area contributed by atoms with Crippen LogP contribution in [-0.4, -0.2) is 40.3 Å². The van der Waals surface area contributed by atoms with Crippen LogP contribution in [0.15, 0.2) is 11.3 Å². The van der Waals surface area contributed by atoms with Crippen molar-refractivity contribution in [1.29, 1.82) is 0 Å². The minimum Gasteiger partial charge on any atom is -0.461 e. The van der Waals surface area contributed by atoms with Gasteiger partial charge in [-0.05, 0) is 5.57 Å². The number of β-lactam (4-membered cyclic amide) rings is 1. The van der Waals surface area contributed by atoms with Crippen molar-refractivity contribution in [2.45, 2.75) is 45.9 Å². The van der Waals surface area contributed by atoms with Crippen LogP contribution in [0.25, 0.3) is 0 Å². The third-order valence-electron chi connectivity index (χ3n) is 3.67. The maximum Gasteiger partial charge on any atom is 0.302 e. The third kappa shape index (κ3) is 3.48. The first-order valence-corrected chi connectivity index (χ1v) is 8.06. The number of hydrogen-bond donors (Lipinski definition) is 0. The Morgan fingerprint density at radius 1 is 1.38 bits per heavy atom. The van der Waals surface area contributed by atoms with E-state index in [0.29, 0.717) is 12.2 Å². The van der Waals surface area contributed by atoms with E-state index in [-0.39, 0.29) is 36.1 Å². The van der Waals surface area contributed by atoms with E-state index in [0.717, 1.165) is 11.3 Å². The van der Waals surface area contributed by atoms with Gasteiger partial charge >= 0.3 is 5.97 Å². The zero-order valence-electron chi connectivity index (χ0n) is 12.9. The average Bonchev–Trinajstić information content (AvgIpc) is 2.34. The van der Waals surface area contributed by atoms with Crippen LogP contribution in [0.4, 0.5) is 0 Å². The molecule has 2 heterocycles. The van der Waals surface area contributed by atoms with Crippen LogP contribution in [0.1, 0.15) is 40.5 Å². The number of nitrogens with zero attached hydrogens (tertiary/aromatic N) is 1. The number of carbonyl (C=O) groups is 3. The molecule has 1 amide bonds. The monoisotopic (exact) mass is 311 g/mol. The molecule has 1 atom stereocenters. The fourth-order valence-electron chi connectivity index (χ4n) is 2.24. The van der Waals surface area contributed by atoms with E-state index >= 15 is 0 Å². The molecule has 0 radical (unpaired) electrons. The largest absolute Gasteiger partial charge is 0.461 e. The van der Waals surface area contributed by atoms with E-state index in [4.69, 9.17) is 4.74 Å². The molecule has 0 saturated carbocycles. The van der Waals surface area contributed by atoms with Gasteiger partial charge in [0.15, 0.2) is 0 Å². The average molecular weight is 311 g/mol. The lowest BCUT2D eigenvalue weighted by Crippen LogP contribution is -2.53. The molecule has 5 nitrogen and oxygen atoms in total. The van der Waals surface area contributed by atoms with Crippen LogP contribution in [0.2, 0.25) is 0 Å². The van der Waals surface area contributed by atoms with Gasteiger partial charge in [-0.2, -0.15) is 0 Å². The lowest BCUT2D eigenvalue weighted by atomic mass is 9.87. The number of thioether (sulfide) groups is 1. The fourth-order valence-corrected chi connectivity index (χ4v) is 3.53. The number of amides is 1. The predicted octanol–water partition coefficient (Wildman–Crippen LogP) is 2.11. The molecule has 1 fully saturated rings. The van der Waals surface area contributed by atoms with Crippen LogP contribution in [0.5, 0.6) is 0 Å². The molecule has 6 heteroatoms. The highest BCUT2D eigenvalue weighted by atomic mass is 32.2. The third-order valence-corrected chi connectivity index (χ3v) is 4.95. The minimum atomic E-state index is -0.451. The summed E-state index contributed by atoms with van der Waals surface area (Å²) in [5, 5.41) is 0.140. The normalized spacial score (nSPS) is 21.8. The van der Waals surface area contributed by atoms with Gasteiger partial charge < -0.3 is 9.64 Å². The molecule has 0 spiro atoms. The number of esters is 1. The molecule has 0 aromatic heterocycles. The van der Waals surface area contributed by atoms with Gasteiger partial charge in [-0.15, -0.1) is 11.8 Å². The van der Waals surface area contributed by atoms with E-state index in [9.17, 15) is 14.4 Å². The van der Waals surface area contributed by atoms with Gasteiger partial charge in [0.2, 0.25) is 5.91 Å². The van der Waals surface area contributed by atoms with Crippen molar-refractivity contribution in [2.24, 2.45) is 5.41 Å². The number of hydrogen-bond acceptors (Lipinski definition) is 5. The van der Waals surface area contributed by atoms with Crippen molar-refractivity contribution >= 4 is 29.4 Å².